The molecule has 0 aliphatic carbocycles. The third-order valence-electron chi connectivity index (χ3n) is 6.29. The molecule has 172 valence electrons. The number of furan rings is 1. The molecule has 2 amide bonds. The van der Waals surface area contributed by atoms with E-state index in [1.807, 2.05) is 76.2 Å². The SMILES string of the molecule is CCOC(=O)N1c2cc(C)c(C)cc2N(C(=O)c2cc(-c3ccccc3)oc2C)CC1CC. The van der Waals surface area contributed by atoms with Crippen molar-refractivity contribution in [2.45, 2.75) is 47.1 Å². The average molecular weight is 447 g/mol. The Bertz CT molecular complexity index is 1180. The molecule has 0 saturated carbocycles. The van der Waals surface area contributed by atoms with Gasteiger partial charge in [-0.1, -0.05) is 37.3 Å². The van der Waals surface area contributed by atoms with Crippen molar-refractivity contribution in [1.29, 1.82) is 0 Å². The number of carbonyl (C=O) groups excluding carboxylic acids is 2. The van der Waals surface area contributed by atoms with Crippen molar-refractivity contribution in [2.75, 3.05) is 23.0 Å². The molecule has 0 N–H and O–H groups in total. The molecule has 33 heavy (non-hydrogen) atoms. The largest absolute Gasteiger partial charge is 0.461 e. The summed E-state index contributed by atoms with van der Waals surface area (Å²) in [4.78, 5) is 30.2. The third kappa shape index (κ3) is 4.13. The summed E-state index contributed by atoms with van der Waals surface area (Å²) < 4.78 is 11.3. The Morgan fingerprint density at radius 2 is 1.67 bits per heavy atom. The van der Waals surface area contributed by atoms with Gasteiger partial charge in [-0.25, -0.2) is 4.79 Å². The molecule has 1 aliphatic heterocycles. The van der Waals surface area contributed by atoms with Gasteiger partial charge in [0.2, 0.25) is 0 Å². The van der Waals surface area contributed by atoms with E-state index in [1.165, 1.54) is 0 Å². The zero-order valence-corrected chi connectivity index (χ0v) is 19.8. The first-order valence-electron chi connectivity index (χ1n) is 11.4. The topological polar surface area (TPSA) is 63.0 Å². The van der Waals surface area contributed by atoms with Crippen molar-refractivity contribution < 1.29 is 18.7 Å². The van der Waals surface area contributed by atoms with Crippen molar-refractivity contribution in [1.82, 2.24) is 0 Å². The van der Waals surface area contributed by atoms with Gasteiger partial charge in [-0.3, -0.25) is 9.69 Å². The van der Waals surface area contributed by atoms with Crippen LogP contribution in [0.15, 0.2) is 52.9 Å². The van der Waals surface area contributed by atoms with Gasteiger partial charge in [-0.05, 0) is 63.4 Å². The van der Waals surface area contributed by atoms with Gasteiger partial charge in [0.05, 0.1) is 29.6 Å². The van der Waals surface area contributed by atoms with Crippen LogP contribution in [-0.4, -0.2) is 31.2 Å². The highest BCUT2D eigenvalue weighted by molar-refractivity contribution is 6.11. The number of hydrogen-bond acceptors (Lipinski definition) is 4. The van der Waals surface area contributed by atoms with Crippen molar-refractivity contribution in [2.24, 2.45) is 0 Å². The van der Waals surface area contributed by atoms with Gasteiger partial charge < -0.3 is 14.1 Å². The summed E-state index contributed by atoms with van der Waals surface area (Å²) in [6.07, 6.45) is 0.306. The molecule has 0 radical (unpaired) electrons. The van der Waals surface area contributed by atoms with Gasteiger partial charge in [0.15, 0.2) is 0 Å². The quantitative estimate of drug-likeness (QED) is 0.474. The van der Waals surface area contributed by atoms with Gasteiger partial charge in [0.1, 0.15) is 11.5 Å². The fourth-order valence-corrected chi connectivity index (χ4v) is 4.31. The summed E-state index contributed by atoms with van der Waals surface area (Å²) in [6, 6.07) is 15.3. The second-order valence-electron chi connectivity index (χ2n) is 8.42. The summed E-state index contributed by atoms with van der Waals surface area (Å²) in [7, 11) is 0. The van der Waals surface area contributed by atoms with Crippen molar-refractivity contribution in [3.63, 3.8) is 0 Å². The zero-order valence-electron chi connectivity index (χ0n) is 19.8. The molecule has 2 heterocycles. The van der Waals surface area contributed by atoms with Crippen molar-refractivity contribution in [3.8, 4) is 11.3 Å². The number of ether oxygens (including phenoxy) is 1. The lowest BCUT2D eigenvalue weighted by atomic mass is 9.99. The van der Waals surface area contributed by atoms with Crippen molar-refractivity contribution in [3.05, 3.63) is 71.0 Å². The van der Waals surface area contributed by atoms with Crippen LogP contribution in [0.4, 0.5) is 16.2 Å². The summed E-state index contributed by atoms with van der Waals surface area (Å²) in [6.45, 7) is 10.3. The van der Waals surface area contributed by atoms with Crippen LogP contribution in [-0.2, 0) is 4.74 Å². The lowest BCUT2D eigenvalue weighted by molar-refractivity contribution is 0.0980. The first-order chi connectivity index (χ1) is 15.8. The Kier molecular flexibility index (Phi) is 6.27. The predicted octanol–water partition coefficient (Wildman–Crippen LogP) is 6.27. The van der Waals surface area contributed by atoms with Crippen LogP contribution in [0.25, 0.3) is 11.3 Å². The fraction of sp³-hybridized carbons (Fsp3) is 0.333. The molecular weight excluding hydrogens is 416 g/mol. The monoisotopic (exact) mass is 446 g/mol. The summed E-state index contributed by atoms with van der Waals surface area (Å²) in [5, 5.41) is 0. The predicted molar refractivity (Wildman–Crippen MR) is 130 cm³/mol. The van der Waals surface area contributed by atoms with E-state index in [2.05, 4.69) is 0 Å². The maximum absolute atomic E-state index is 13.8. The minimum absolute atomic E-state index is 0.134. The smallest absolute Gasteiger partial charge is 0.414 e. The second-order valence-corrected chi connectivity index (χ2v) is 8.42. The van der Waals surface area contributed by atoms with Crippen LogP contribution in [0.1, 0.15) is 47.5 Å². The summed E-state index contributed by atoms with van der Waals surface area (Å²) in [5.41, 5.74) is 4.97. The number of hydrogen-bond donors (Lipinski definition) is 0. The van der Waals surface area contributed by atoms with Crippen LogP contribution in [0.5, 0.6) is 0 Å². The van der Waals surface area contributed by atoms with E-state index in [0.29, 0.717) is 48.0 Å². The molecule has 0 fully saturated rings. The van der Waals surface area contributed by atoms with Crippen LogP contribution in [0, 0.1) is 20.8 Å². The standard InChI is InChI=1S/C27H30N2O4/c1-6-21-16-28(23-13-17(3)18(4)14-24(23)29(21)27(31)32-7-2)26(30)22-15-25(33-19(22)5)20-11-9-8-10-12-20/h8-15,21H,6-7,16H2,1-5H3. The Morgan fingerprint density at radius 3 is 2.30 bits per heavy atom. The molecule has 0 spiro atoms. The molecule has 0 saturated heterocycles. The first kappa shape index (κ1) is 22.6. The van der Waals surface area contributed by atoms with E-state index in [0.717, 1.165) is 16.7 Å². The van der Waals surface area contributed by atoms with Crippen LogP contribution in [0.3, 0.4) is 0 Å². The maximum Gasteiger partial charge on any atom is 0.414 e. The third-order valence-corrected chi connectivity index (χ3v) is 6.29. The second kappa shape index (κ2) is 9.14. The summed E-state index contributed by atoms with van der Waals surface area (Å²) >= 11 is 0. The molecule has 1 aromatic heterocycles. The molecule has 4 rings (SSSR count). The number of carbonyl (C=O) groups is 2. The van der Waals surface area contributed by atoms with E-state index in [1.54, 1.807) is 16.7 Å². The molecule has 1 aliphatic rings. The Hall–Kier alpha value is -3.54. The number of amides is 2. The zero-order chi connectivity index (χ0) is 23.7. The van der Waals surface area contributed by atoms with Gasteiger partial charge in [-0.15, -0.1) is 0 Å². The molecule has 1 unspecified atom stereocenters. The minimum atomic E-state index is -0.383. The van der Waals surface area contributed by atoms with E-state index in [-0.39, 0.29) is 18.0 Å². The molecule has 1 atom stereocenters. The number of nitrogens with zero attached hydrogens (tertiary/aromatic N) is 2. The van der Waals surface area contributed by atoms with E-state index in [4.69, 9.17) is 9.15 Å². The Balaban J connectivity index is 1.79. The molecule has 6 nitrogen and oxygen atoms in total. The van der Waals surface area contributed by atoms with Crippen molar-refractivity contribution >= 4 is 23.4 Å². The van der Waals surface area contributed by atoms with Crippen LogP contribution >= 0.6 is 0 Å². The lowest BCUT2D eigenvalue weighted by Crippen LogP contribution is -2.53. The van der Waals surface area contributed by atoms with Gasteiger partial charge in [-0.2, -0.15) is 0 Å². The van der Waals surface area contributed by atoms with Gasteiger partial charge in [0.25, 0.3) is 5.91 Å². The minimum Gasteiger partial charge on any atom is -0.461 e. The van der Waals surface area contributed by atoms with Crippen LogP contribution in [0.2, 0.25) is 0 Å². The van der Waals surface area contributed by atoms with Crippen LogP contribution < -0.4 is 9.80 Å². The molecule has 2 aromatic carbocycles. The van der Waals surface area contributed by atoms with Gasteiger partial charge >= 0.3 is 6.09 Å². The molecule has 0 bridgehead atoms. The summed E-state index contributed by atoms with van der Waals surface area (Å²) in [5.74, 6) is 1.10. The maximum atomic E-state index is 13.8. The number of benzene rings is 2. The Labute approximate surface area is 194 Å². The lowest BCUT2D eigenvalue weighted by Gasteiger charge is -2.42. The molecular formula is C27H30N2O4. The fourth-order valence-electron chi connectivity index (χ4n) is 4.31. The normalized spacial score (nSPS) is 15.4. The number of fused-ring (bicyclic) bond motifs is 1. The Morgan fingerprint density at radius 1 is 1.00 bits per heavy atom. The van der Waals surface area contributed by atoms with E-state index in [9.17, 15) is 9.59 Å². The molecule has 6 heteroatoms. The highest BCUT2D eigenvalue weighted by Gasteiger charge is 2.38. The number of anilines is 2. The number of rotatable bonds is 4. The number of aryl methyl sites for hydroxylation is 3. The highest BCUT2D eigenvalue weighted by atomic mass is 16.6. The van der Waals surface area contributed by atoms with E-state index >= 15 is 0 Å². The molecule has 3 aromatic rings. The van der Waals surface area contributed by atoms with Gasteiger partial charge in [0, 0.05) is 12.1 Å². The first-order valence-corrected chi connectivity index (χ1v) is 11.4. The highest BCUT2D eigenvalue weighted by Crippen LogP contribution is 2.40. The average Bonchev–Trinajstić information content (AvgIpc) is 3.20. The van der Waals surface area contributed by atoms with E-state index < -0.39 is 0 Å².